The molecule has 2 atom stereocenters. The van der Waals surface area contributed by atoms with Crippen molar-refractivity contribution in [1.82, 2.24) is 15.5 Å². The van der Waals surface area contributed by atoms with Gasteiger partial charge in [0.2, 0.25) is 0 Å². The van der Waals surface area contributed by atoms with Crippen molar-refractivity contribution in [2.24, 2.45) is 4.99 Å². The van der Waals surface area contributed by atoms with E-state index in [2.05, 4.69) is 27.4 Å². The summed E-state index contributed by atoms with van der Waals surface area (Å²) in [5.41, 5.74) is 0. The SMILES string of the molecule is CN=C(NCCCN1CCCCC1C)NCC1COc2ccccc2O1. The molecule has 3 rings (SSSR count). The molecule has 2 unspecified atom stereocenters. The van der Waals surface area contributed by atoms with Crippen LogP contribution >= 0.6 is 0 Å². The fourth-order valence-corrected chi connectivity index (χ4v) is 3.57. The van der Waals surface area contributed by atoms with Gasteiger partial charge in [0.25, 0.3) is 0 Å². The Hall–Kier alpha value is -1.95. The normalized spacial score (nSPS) is 23.5. The van der Waals surface area contributed by atoms with Crippen LogP contribution in [0.3, 0.4) is 0 Å². The summed E-state index contributed by atoms with van der Waals surface area (Å²) in [4.78, 5) is 6.90. The van der Waals surface area contributed by atoms with Gasteiger partial charge in [-0.1, -0.05) is 18.6 Å². The molecule has 0 radical (unpaired) electrons. The number of rotatable bonds is 6. The second kappa shape index (κ2) is 9.67. The first-order valence-corrected chi connectivity index (χ1v) is 9.83. The fraction of sp³-hybridized carbons (Fsp3) is 0.650. The third kappa shape index (κ3) is 5.27. The molecule has 2 aliphatic heterocycles. The average molecular weight is 361 g/mol. The molecule has 0 aliphatic carbocycles. The summed E-state index contributed by atoms with van der Waals surface area (Å²) >= 11 is 0. The van der Waals surface area contributed by atoms with E-state index in [-0.39, 0.29) is 6.10 Å². The zero-order chi connectivity index (χ0) is 18.2. The van der Waals surface area contributed by atoms with Gasteiger partial charge >= 0.3 is 0 Å². The number of piperidine rings is 1. The quantitative estimate of drug-likeness (QED) is 0.463. The molecule has 1 aromatic carbocycles. The lowest BCUT2D eigenvalue weighted by molar-refractivity contribution is 0.0936. The van der Waals surface area contributed by atoms with Crippen molar-refractivity contribution in [2.45, 2.75) is 44.8 Å². The van der Waals surface area contributed by atoms with E-state index in [0.717, 1.165) is 43.0 Å². The van der Waals surface area contributed by atoms with E-state index in [0.29, 0.717) is 13.2 Å². The summed E-state index contributed by atoms with van der Waals surface area (Å²) in [6.45, 7) is 6.88. The number of benzene rings is 1. The van der Waals surface area contributed by atoms with Crippen molar-refractivity contribution in [3.63, 3.8) is 0 Å². The predicted octanol–water partition coefficient (Wildman–Crippen LogP) is 2.26. The van der Waals surface area contributed by atoms with Crippen molar-refractivity contribution >= 4 is 5.96 Å². The van der Waals surface area contributed by atoms with Crippen molar-refractivity contribution in [1.29, 1.82) is 0 Å². The molecule has 0 spiro atoms. The highest BCUT2D eigenvalue weighted by atomic mass is 16.6. The number of fused-ring (bicyclic) bond motifs is 1. The van der Waals surface area contributed by atoms with E-state index >= 15 is 0 Å². The Balaban J connectivity index is 1.33. The van der Waals surface area contributed by atoms with Crippen LogP contribution in [0, 0.1) is 0 Å². The van der Waals surface area contributed by atoms with Crippen LogP contribution in [0.5, 0.6) is 11.5 Å². The Labute approximate surface area is 157 Å². The number of hydrogen-bond donors (Lipinski definition) is 2. The molecular formula is C20H32N4O2. The van der Waals surface area contributed by atoms with Crippen LogP contribution in [-0.2, 0) is 0 Å². The Morgan fingerprint density at radius 2 is 2.08 bits per heavy atom. The minimum absolute atomic E-state index is 0.0161. The molecule has 0 aromatic heterocycles. The maximum absolute atomic E-state index is 5.97. The first-order chi connectivity index (χ1) is 12.8. The van der Waals surface area contributed by atoms with Gasteiger partial charge in [-0.25, -0.2) is 0 Å². The van der Waals surface area contributed by atoms with Gasteiger partial charge in [0.1, 0.15) is 12.7 Å². The standard InChI is InChI=1S/C20H32N4O2/c1-16-8-5-6-12-24(16)13-7-11-22-20(21-2)23-14-17-15-25-18-9-3-4-10-19(18)26-17/h3-4,9-10,16-17H,5-8,11-15H2,1-2H3,(H2,21,22,23). The molecule has 0 amide bonds. The number of guanidine groups is 1. The Morgan fingerprint density at radius 1 is 1.23 bits per heavy atom. The number of nitrogens with one attached hydrogen (secondary N) is 2. The highest BCUT2D eigenvalue weighted by Crippen LogP contribution is 2.30. The fourth-order valence-electron chi connectivity index (χ4n) is 3.57. The second-order valence-corrected chi connectivity index (χ2v) is 7.11. The van der Waals surface area contributed by atoms with Crippen molar-refractivity contribution in [3.05, 3.63) is 24.3 Å². The van der Waals surface area contributed by atoms with Crippen LogP contribution in [0.4, 0.5) is 0 Å². The van der Waals surface area contributed by atoms with E-state index in [4.69, 9.17) is 9.47 Å². The molecule has 6 heteroatoms. The van der Waals surface area contributed by atoms with Crippen LogP contribution in [0.15, 0.2) is 29.3 Å². The molecule has 1 saturated heterocycles. The van der Waals surface area contributed by atoms with Crippen LogP contribution in [0.2, 0.25) is 0 Å². The number of hydrogen-bond acceptors (Lipinski definition) is 4. The van der Waals surface area contributed by atoms with Gasteiger partial charge in [-0.15, -0.1) is 0 Å². The number of likely N-dealkylation sites (tertiary alicyclic amines) is 1. The molecule has 144 valence electrons. The molecule has 6 nitrogen and oxygen atoms in total. The number of aliphatic imine (C=N–C) groups is 1. The molecule has 1 fully saturated rings. The smallest absolute Gasteiger partial charge is 0.191 e. The summed E-state index contributed by atoms with van der Waals surface area (Å²) in [5.74, 6) is 2.45. The summed E-state index contributed by atoms with van der Waals surface area (Å²) < 4.78 is 11.7. The highest BCUT2D eigenvalue weighted by Gasteiger charge is 2.21. The number of nitrogens with zero attached hydrogens (tertiary/aromatic N) is 2. The first-order valence-electron chi connectivity index (χ1n) is 9.83. The van der Waals surface area contributed by atoms with E-state index in [9.17, 15) is 0 Å². The van der Waals surface area contributed by atoms with Gasteiger partial charge in [-0.2, -0.15) is 0 Å². The van der Waals surface area contributed by atoms with E-state index < -0.39 is 0 Å². The molecule has 0 bridgehead atoms. The Morgan fingerprint density at radius 3 is 2.88 bits per heavy atom. The lowest BCUT2D eigenvalue weighted by Gasteiger charge is -2.33. The van der Waals surface area contributed by atoms with E-state index in [1.807, 2.05) is 24.3 Å². The summed E-state index contributed by atoms with van der Waals surface area (Å²) in [6.07, 6.45) is 5.17. The van der Waals surface area contributed by atoms with Gasteiger partial charge < -0.3 is 25.0 Å². The van der Waals surface area contributed by atoms with Crippen LogP contribution in [0.25, 0.3) is 0 Å². The van der Waals surface area contributed by atoms with Gasteiger partial charge in [0.15, 0.2) is 17.5 Å². The molecule has 26 heavy (non-hydrogen) atoms. The van der Waals surface area contributed by atoms with Crippen LogP contribution < -0.4 is 20.1 Å². The third-order valence-corrected chi connectivity index (χ3v) is 5.14. The zero-order valence-corrected chi connectivity index (χ0v) is 16.0. The van der Waals surface area contributed by atoms with Gasteiger partial charge in [-0.05, 0) is 44.9 Å². The highest BCUT2D eigenvalue weighted by molar-refractivity contribution is 5.79. The van der Waals surface area contributed by atoms with Gasteiger partial charge in [-0.3, -0.25) is 4.99 Å². The maximum Gasteiger partial charge on any atom is 0.191 e. The van der Waals surface area contributed by atoms with Gasteiger partial charge in [0, 0.05) is 26.2 Å². The molecule has 1 aromatic rings. The minimum atomic E-state index is -0.0161. The van der Waals surface area contributed by atoms with Crippen LogP contribution in [-0.4, -0.2) is 62.8 Å². The third-order valence-electron chi connectivity index (χ3n) is 5.14. The lowest BCUT2D eigenvalue weighted by atomic mass is 10.0. The van der Waals surface area contributed by atoms with Crippen molar-refractivity contribution in [2.75, 3.05) is 39.8 Å². The molecular weight excluding hydrogens is 328 g/mol. The van der Waals surface area contributed by atoms with Crippen molar-refractivity contribution < 1.29 is 9.47 Å². The molecule has 2 heterocycles. The Kier molecular flexibility index (Phi) is 7.00. The predicted molar refractivity (Wildman–Crippen MR) is 105 cm³/mol. The monoisotopic (exact) mass is 360 g/mol. The summed E-state index contributed by atoms with van der Waals surface area (Å²) in [7, 11) is 1.80. The van der Waals surface area contributed by atoms with Gasteiger partial charge in [0.05, 0.1) is 6.54 Å². The minimum Gasteiger partial charge on any atom is -0.486 e. The summed E-state index contributed by atoms with van der Waals surface area (Å²) in [6, 6.07) is 8.52. The van der Waals surface area contributed by atoms with E-state index in [1.54, 1.807) is 7.05 Å². The van der Waals surface area contributed by atoms with Crippen LogP contribution in [0.1, 0.15) is 32.6 Å². The average Bonchev–Trinajstić information content (AvgIpc) is 2.68. The first kappa shape index (κ1) is 18.8. The lowest BCUT2D eigenvalue weighted by Crippen LogP contribution is -2.46. The molecule has 0 saturated carbocycles. The van der Waals surface area contributed by atoms with Crippen molar-refractivity contribution in [3.8, 4) is 11.5 Å². The maximum atomic E-state index is 5.97. The topological polar surface area (TPSA) is 58.1 Å². The number of para-hydroxylation sites is 2. The number of ether oxygens (including phenoxy) is 2. The molecule has 2 aliphatic rings. The largest absolute Gasteiger partial charge is 0.486 e. The Bertz CT molecular complexity index is 593. The zero-order valence-electron chi connectivity index (χ0n) is 16.0. The summed E-state index contributed by atoms with van der Waals surface area (Å²) in [5, 5.41) is 6.74. The molecule has 2 N–H and O–H groups in total. The second-order valence-electron chi connectivity index (χ2n) is 7.11. The van der Waals surface area contributed by atoms with E-state index in [1.165, 1.54) is 25.8 Å².